The molecule has 0 amide bonds. The summed E-state index contributed by atoms with van der Waals surface area (Å²) in [6.45, 7) is -0.00884. The Labute approximate surface area is 101 Å². The fraction of sp³-hybridized carbons (Fsp3) is 0.167. The highest BCUT2D eigenvalue weighted by molar-refractivity contribution is 5.20. The van der Waals surface area contributed by atoms with Gasteiger partial charge in [0, 0.05) is 18.2 Å². The molecular weight excluding hydrogens is 242 g/mol. The maximum atomic E-state index is 13.3. The first-order valence-corrected chi connectivity index (χ1v) is 5.27. The van der Waals surface area contributed by atoms with E-state index < -0.39 is 22.9 Å². The quantitative estimate of drug-likeness (QED) is 0.900. The Kier molecular flexibility index (Phi) is 3.36. The summed E-state index contributed by atoms with van der Waals surface area (Å²) in [7, 11) is 0. The van der Waals surface area contributed by atoms with Gasteiger partial charge in [-0.25, -0.2) is 13.5 Å². The third kappa shape index (κ3) is 2.37. The summed E-state index contributed by atoms with van der Waals surface area (Å²) in [6.07, 6.45) is 1.23. The molecule has 6 heteroatoms. The zero-order valence-electron chi connectivity index (χ0n) is 9.31. The second-order valence-electron chi connectivity index (χ2n) is 3.69. The van der Waals surface area contributed by atoms with Crippen molar-refractivity contribution in [3.05, 3.63) is 58.0 Å². The smallest absolute Gasteiger partial charge is 0.308 e. The molecule has 1 aromatic carbocycles. The number of hydrogen-bond acceptors (Lipinski definition) is 3. The number of hydrogen-bond donors (Lipinski definition) is 1. The molecule has 0 spiro atoms. The standard InChI is InChI=1S/C12H10F2N2O2/c13-9-2-1-3-10(14)8(9)5-7-16-12(18)11(17)4-6-15-16/h1-4,6,17H,5,7H2. The van der Waals surface area contributed by atoms with Crippen molar-refractivity contribution in [2.45, 2.75) is 13.0 Å². The van der Waals surface area contributed by atoms with E-state index in [4.69, 9.17) is 0 Å². The summed E-state index contributed by atoms with van der Waals surface area (Å²) in [5.41, 5.74) is -0.788. The second-order valence-corrected chi connectivity index (χ2v) is 3.69. The van der Waals surface area contributed by atoms with Crippen LogP contribution in [0.3, 0.4) is 0 Å². The van der Waals surface area contributed by atoms with Crippen LogP contribution in [0.2, 0.25) is 0 Å². The molecular formula is C12H10F2N2O2. The molecule has 0 unspecified atom stereocenters. The normalized spacial score (nSPS) is 10.6. The zero-order chi connectivity index (χ0) is 13.1. The number of aromatic nitrogens is 2. The van der Waals surface area contributed by atoms with E-state index in [0.29, 0.717) is 0 Å². The van der Waals surface area contributed by atoms with Crippen LogP contribution in [0.15, 0.2) is 35.3 Å². The van der Waals surface area contributed by atoms with Gasteiger partial charge in [-0.05, 0) is 18.6 Å². The van der Waals surface area contributed by atoms with E-state index in [1.807, 2.05) is 0 Å². The monoisotopic (exact) mass is 252 g/mol. The minimum atomic E-state index is -0.686. The molecule has 1 aromatic heterocycles. The lowest BCUT2D eigenvalue weighted by Crippen LogP contribution is -2.23. The van der Waals surface area contributed by atoms with E-state index in [2.05, 4.69) is 5.10 Å². The van der Waals surface area contributed by atoms with Gasteiger partial charge in [-0.3, -0.25) is 4.79 Å². The molecule has 0 saturated heterocycles. The van der Waals surface area contributed by atoms with Gasteiger partial charge < -0.3 is 5.11 Å². The predicted molar refractivity (Wildman–Crippen MR) is 60.2 cm³/mol. The van der Waals surface area contributed by atoms with Crippen LogP contribution in [0.25, 0.3) is 0 Å². The zero-order valence-corrected chi connectivity index (χ0v) is 9.31. The minimum absolute atomic E-state index is 0.00884. The molecule has 2 aromatic rings. The molecule has 0 radical (unpaired) electrons. The molecule has 2 rings (SSSR count). The Bertz CT molecular complexity index is 605. The number of aryl methyl sites for hydroxylation is 1. The summed E-state index contributed by atoms with van der Waals surface area (Å²) in [4.78, 5) is 11.4. The van der Waals surface area contributed by atoms with Crippen LogP contribution >= 0.6 is 0 Å². The molecule has 1 heterocycles. The van der Waals surface area contributed by atoms with Crippen molar-refractivity contribution >= 4 is 0 Å². The third-order valence-corrected chi connectivity index (χ3v) is 2.53. The second kappa shape index (κ2) is 4.95. The first kappa shape index (κ1) is 12.2. The number of rotatable bonds is 3. The topological polar surface area (TPSA) is 55.1 Å². The van der Waals surface area contributed by atoms with Crippen LogP contribution in [0.5, 0.6) is 5.75 Å². The highest BCUT2D eigenvalue weighted by atomic mass is 19.1. The summed E-state index contributed by atoms with van der Waals surface area (Å²) in [6, 6.07) is 4.73. The minimum Gasteiger partial charge on any atom is -0.503 e. The number of nitrogens with zero attached hydrogens (tertiary/aromatic N) is 2. The number of benzene rings is 1. The van der Waals surface area contributed by atoms with Gasteiger partial charge in [0.15, 0.2) is 5.75 Å². The van der Waals surface area contributed by atoms with Gasteiger partial charge in [-0.15, -0.1) is 0 Å². The Morgan fingerprint density at radius 3 is 2.56 bits per heavy atom. The molecule has 0 fully saturated rings. The van der Waals surface area contributed by atoms with Crippen molar-refractivity contribution in [2.24, 2.45) is 0 Å². The largest absolute Gasteiger partial charge is 0.503 e. The van der Waals surface area contributed by atoms with Crippen molar-refractivity contribution in [1.29, 1.82) is 0 Å². The fourth-order valence-corrected chi connectivity index (χ4v) is 1.59. The summed E-state index contributed by atoms with van der Waals surface area (Å²) < 4.78 is 27.6. The number of aromatic hydroxyl groups is 1. The van der Waals surface area contributed by atoms with Crippen LogP contribution in [-0.4, -0.2) is 14.9 Å². The van der Waals surface area contributed by atoms with E-state index in [1.54, 1.807) is 0 Å². The lowest BCUT2D eigenvalue weighted by molar-refractivity contribution is 0.442. The van der Waals surface area contributed by atoms with Gasteiger partial charge in [0.05, 0.1) is 6.20 Å². The van der Waals surface area contributed by atoms with Gasteiger partial charge in [0.25, 0.3) is 0 Å². The molecule has 0 bridgehead atoms. The van der Waals surface area contributed by atoms with E-state index in [1.165, 1.54) is 12.3 Å². The van der Waals surface area contributed by atoms with Crippen LogP contribution in [0, 0.1) is 11.6 Å². The summed E-state index contributed by atoms with van der Waals surface area (Å²) in [5.74, 6) is -1.77. The van der Waals surface area contributed by atoms with Crippen LogP contribution in [0.4, 0.5) is 8.78 Å². The Hall–Kier alpha value is -2.24. The molecule has 0 aliphatic carbocycles. The highest BCUT2D eigenvalue weighted by Gasteiger charge is 2.09. The van der Waals surface area contributed by atoms with Crippen molar-refractivity contribution in [2.75, 3.05) is 0 Å². The average molecular weight is 252 g/mol. The van der Waals surface area contributed by atoms with Crippen LogP contribution < -0.4 is 5.56 Å². The van der Waals surface area contributed by atoms with Gasteiger partial charge in [-0.1, -0.05) is 6.07 Å². The average Bonchev–Trinajstić information content (AvgIpc) is 2.33. The molecule has 94 valence electrons. The van der Waals surface area contributed by atoms with Gasteiger partial charge in [-0.2, -0.15) is 5.10 Å². The Balaban J connectivity index is 2.22. The first-order valence-electron chi connectivity index (χ1n) is 5.27. The van der Waals surface area contributed by atoms with E-state index in [9.17, 15) is 18.7 Å². The molecule has 0 aliphatic heterocycles. The van der Waals surface area contributed by atoms with Crippen molar-refractivity contribution in [1.82, 2.24) is 9.78 Å². The highest BCUT2D eigenvalue weighted by Crippen LogP contribution is 2.13. The van der Waals surface area contributed by atoms with Gasteiger partial charge in [0.2, 0.25) is 0 Å². The van der Waals surface area contributed by atoms with Gasteiger partial charge >= 0.3 is 5.56 Å². The molecule has 0 saturated carbocycles. The maximum Gasteiger partial charge on any atom is 0.308 e. The van der Waals surface area contributed by atoms with Crippen molar-refractivity contribution < 1.29 is 13.9 Å². The van der Waals surface area contributed by atoms with Crippen LogP contribution in [-0.2, 0) is 13.0 Å². The summed E-state index contributed by atoms with van der Waals surface area (Å²) >= 11 is 0. The summed E-state index contributed by atoms with van der Waals surface area (Å²) in [5, 5.41) is 12.9. The predicted octanol–water partition coefficient (Wildman–Crippen LogP) is 1.47. The molecule has 0 atom stereocenters. The van der Waals surface area contributed by atoms with Crippen molar-refractivity contribution in [3.8, 4) is 5.75 Å². The fourth-order valence-electron chi connectivity index (χ4n) is 1.59. The number of halogens is 2. The Morgan fingerprint density at radius 1 is 1.22 bits per heavy atom. The molecule has 1 N–H and O–H groups in total. The van der Waals surface area contributed by atoms with Gasteiger partial charge in [0.1, 0.15) is 11.6 Å². The Morgan fingerprint density at radius 2 is 1.89 bits per heavy atom. The molecule has 4 nitrogen and oxygen atoms in total. The van der Waals surface area contributed by atoms with Crippen molar-refractivity contribution in [3.63, 3.8) is 0 Å². The SMILES string of the molecule is O=c1c(O)ccnn1CCc1c(F)cccc1F. The lowest BCUT2D eigenvalue weighted by Gasteiger charge is -2.06. The molecule has 0 aliphatic rings. The van der Waals surface area contributed by atoms with E-state index >= 15 is 0 Å². The molecule has 18 heavy (non-hydrogen) atoms. The lowest BCUT2D eigenvalue weighted by atomic mass is 10.1. The maximum absolute atomic E-state index is 13.3. The van der Waals surface area contributed by atoms with E-state index in [-0.39, 0.29) is 18.5 Å². The third-order valence-electron chi connectivity index (χ3n) is 2.53. The van der Waals surface area contributed by atoms with E-state index in [0.717, 1.165) is 22.9 Å². The first-order chi connectivity index (χ1) is 8.59. The van der Waals surface area contributed by atoms with Crippen LogP contribution in [0.1, 0.15) is 5.56 Å².